The third kappa shape index (κ3) is 9.86. The lowest BCUT2D eigenvalue weighted by Gasteiger charge is -2.27. The highest BCUT2D eigenvalue weighted by Crippen LogP contribution is 2.13. The van der Waals surface area contributed by atoms with E-state index in [1.807, 2.05) is 6.08 Å². The molecule has 0 heterocycles. The molecule has 0 radical (unpaired) electrons. The summed E-state index contributed by atoms with van der Waals surface area (Å²) in [5, 5.41) is 0. The molecule has 2 nitrogen and oxygen atoms in total. The Balaban J connectivity index is 3.64. The van der Waals surface area contributed by atoms with Gasteiger partial charge < -0.3 is 9.47 Å². The van der Waals surface area contributed by atoms with Gasteiger partial charge in [-0.1, -0.05) is 59.0 Å². The van der Waals surface area contributed by atoms with Gasteiger partial charge in [0, 0.05) is 13.2 Å². The maximum absolute atomic E-state index is 5.85. The van der Waals surface area contributed by atoms with Crippen LogP contribution in [0.4, 0.5) is 0 Å². The molecule has 0 aromatic heterocycles. The Bertz CT molecular complexity index is 181. The zero-order chi connectivity index (χ0) is 13.7. The summed E-state index contributed by atoms with van der Waals surface area (Å²) >= 11 is 0. The maximum Gasteiger partial charge on any atom is 0.159 e. The van der Waals surface area contributed by atoms with Gasteiger partial charge in [0.1, 0.15) is 0 Å². The fourth-order valence-electron chi connectivity index (χ4n) is 1.77. The van der Waals surface area contributed by atoms with Gasteiger partial charge in [0.05, 0.1) is 10.2 Å². The predicted molar refractivity (Wildman–Crippen MR) is 83.1 cm³/mol. The highest BCUT2D eigenvalue weighted by molar-refractivity contribution is 6.14. The second-order valence-electron chi connectivity index (χ2n) is 5.04. The summed E-state index contributed by atoms with van der Waals surface area (Å²) in [5.74, 6) is 0. The molecule has 0 spiro atoms. The van der Waals surface area contributed by atoms with Crippen LogP contribution in [0.2, 0.25) is 0 Å². The Morgan fingerprint density at radius 2 is 1.33 bits per heavy atom. The minimum absolute atomic E-state index is 0.460. The molecule has 3 heteroatoms. The molecule has 0 aliphatic heterocycles. The lowest BCUT2D eigenvalue weighted by molar-refractivity contribution is -0.147. The number of rotatable bonds is 13. The molecule has 18 heavy (non-hydrogen) atoms. The molecule has 0 aromatic carbocycles. The average Bonchev–Trinajstić information content (AvgIpc) is 2.38. The van der Waals surface area contributed by atoms with E-state index in [1.54, 1.807) is 0 Å². The SMILES string of the molecule is C=CC([SiH3])(OCCCCCC)OCCCCCC. The summed E-state index contributed by atoms with van der Waals surface area (Å²) in [6.45, 7) is 9.89. The van der Waals surface area contributed by atoms with E-state index in [0.717, 1.165) is 36.3 Å². The van der Waals surface area contributed by atoms with Gasteiger partial charge in [0.25, 0.3) is 0 Å². The summed E-state index contributed by atoms with van der Waals surface area (Å²) in [6.07, 6.45) is 11.7. The van der Waals surface area contributed by atoms with E-state index in [4.69, 9.17) is 9.47 Å². The first kappa shape index (κ1) is 17.9. The van der Waals surface area contributed by atoms with E-state index in [1.165, 1.54) is 38.5 Å². The van der Waals surface area contributed by atoms with Crippen molar-refractivity contribution < 1.29 is 9.47 Å². The number of hydrogen-bond donors (Lipinski definition) is 0. The summed E-state index contributed by atoms with van der Waals surface area (Å²) < 4.78 is 11.7. The molecular weight excluding hydrogens is 240 g/mol. The highest BCUT2D eigenvalue weighted by atomic mass is 28.1. The minimum atomic E-state index is -0.460. The van der Waals surface area contributed by atoms with Crippen molar-refractivity contribution >= 4 is 10.2 Å². The molecule has 0 aliphatic rings. The molecule has 108 valence electrons. The first-order chi connectivity index (χ1) is 8.68. The zero-order valence-corrected chi connectivity index (χ0v) is 14.7. The van der Waals surface area contributed by atoms with Crippen molar-refractivity contribution in [1.29, 1.82) is 0 Å². The number of unbranched alkanes of at least 4 members (excludes halogenated alkanes) is 6. The molecule has 0 rings (SSSR count). The van der Waals surface area contributed by atoms with Crippen LogP contribution in [-0.4, -0.2) is 28.9 Å². The average molecular weight is 273 g/mol. The van der Waals surface area contributed by atoms with Crippen LogP contribution in [0.5, 0.6) is 0 Å². The van der Waals surface area contributed by atoms with Gasteiger partial charge in [-0.15, -0.1) is 0 Å². The highest BCUT2D eigenvalue weighted by Gasteiger charge is 2.20. The van der Waals surface area contributed by atoms with Crippen molar-refractivity contribution in [3.8, 4) is 0 Å². The summed E-state index contributed by atoms with van der Waals surface area (Å²) in [7, 11) is 0.845. The van der Waals surface area contributed by atoms with Crippen LogP contribution in [0, 0.1) is 0 Å². The molecule has 0 saturated heterocycles. The van der Waals surface area contributed by atoms with Gasteiger partial charge >= 0.3 is 0 Å². The molecule has 0 N–H and O–H groups in total. The van der Waals surface area contributed by atoms with E-state index in [2.05, 4.69) is 20.4 Å². The van der Waals surface area contributed by atoms with E-state index >= 15 is 0 Å². The summed E-state index contributed by atoms with van der Waals surface area (Å²) in [5.41, 5.74) is -0.460. The number of ether oxygens (including phenoxy) is 2. The zero-order valence-electron chi connectivity index (χ0n) is 12.7. The minimum Gasteiger partial charge on any atom is -0.351 e. The molecular formula is C15H32O2Si. The second-order valence-corrected chi connectivity index (χ2v) is 6.43. The van der Waals surface area contributed by atoms with Crippen LogP contribution in [-0.2, 0) is 9.47 Å². The maximum atomic E-state index is 5.85. The van der Waals surface area contributed by atoms with Crippen LogP contribution < -0.4 is 0 Å². The molecule has 0 saturated carbocycles. The summed E-state index contributed by atoms with van der Waals surface area (Å²) in [6, 6.07) is 0. The second kappa shape index (κ2) is 11.9. The Labute approximate surface area is 117 Å². The monoisotopic (exact) mass is 272 g/mol. The van der Waals surface area contributed by atoms with Gasteiger partial charge in [-0.2, -0.15) is 0 Å². The van der Waals surface area contributed by atoms with Crippen molar-refractivity contribution in [3.05, 3.63) is 12.7 Å². The quantitative estimate of drug-likeness (QED) is 0.221. The van der Waals surface area contributed by atoms with Crippen molar-refractivity contribution in [2.75, 3.05) is 13.2 Å². The molecule has 0 aliphatic carbocycles. The van der Waals surface area contributed by atoms with Crippen LogP contribution in [0.3, 0.4) is 0 Å². The van der Waals surface area contributed by atoms with Gasteiger partial charge in [-0.25, -0.2) is 0 Å². The van der Waals surface area contributed by atoms with Gasteiger partial charge in [0.2, 0.25) is 0 Å². The number of hydrogen-bond acceptors (Lipinski definition) is 2. The van der Waals surface area contributed by atoms with E-state index < -0.39 is 5.41 Å². The van der Waals surface area contributed by atoms with Gasteiger partial charge in [0.15, 0.2) is 5.41 Å². The van der Waals surface area contributed by atoms with Crippen LogP contribution >= 0.6 is 0 Å². The van der Waals surface area contributed by atoms with Crippen molar-refractivity contribution in [2.24, 2.45) is 0 Å². The molecule has 0 bridgehead atoms. The standard InChI is InChI=1S/C15H32O2Si/c1-4-7-9-11-13-16-15(18,6-3)17-14-12-10-8-5-2/h6H,3-5,7-14H2,1-2,18H3. The third-order valence-electron chi connectivity index (χ3n) is 3.14. The molecule has 0 unspecified atom stereocenters. The lowest BCUT2D eigenvalue weighted by Crippen LogP contribution is -2.35. The first-order valence-electron chi connectivity index (χ1n) is 7.60. The predicted octanol–water partition coefficient (Wildman–Crippen LogP) is 3.39. The fourth-order valence-corrected chi connectivity index (χ4v) is 2.18. The Hall–Kier alpha value is -0.123. The summed E-state index contributed by atoms with van der Waals surface area (Å²) in [4.78, 5) is 0. The van der Waals surface area contributed by atoms with Crippen LogP contribution in [0.25, 0.3) is 0 Å². The third-order valence-corrected chi connectivity index (χ3v) is 4.13. The van der Waals surface area contributed by atoms with Crippen LogP contribution in [0.1, 0.15) is 65.2 Å². The van der Waals surface area contributed by atoms with E-state index in [9.17, 15) is 0 Å². The molecule has 0 amide bonds. The molecule has 0 atom stereocenters. The van der Waals surface area contributed by atoms with Gasteiger partial charge in [-0.05, 0) is 18.9 Å². The largest absolute Gasteiger partial charge is 0.351 e. The van der Waals surface area contributed by atoms with E-state index in [-0.39, 0.29) is 0 Å². The van der Waals surface area contributed by atoms with E-state index in [0.29, 0.717) is 0 Å². The molecule has 0 aromatic rings. The topological polar surface area (TPSA) is 18.5 Å². The smallest absolute Gasteiger partial charge is 0.159 e. The van der Waals surface area contributed by atoms with Gasteiger partial charge in [-0.3, -0.25) is 0 Å². The van der Waals surface area contributed by atoms with Crippen molar-refractivity contribution in [1.82, 2.24) is 0 Å². The lowest BCUT2D eigenvalue weighted by atomic mass is 10.2. The van der Waals surface area contributed by atoms with Crippen molar-refractivity contribution in [3.63, 3.8) is 0 Å². The Kier molecular flexibility index (Phi) is 11.9. The van der Waals surface area contributed by atoms with Crippen molar-refractivity contribution in [2.45, 2.75) is 70.6 Å². The normalized spacial score (nSPS) is 11.9. The first-order valence-corrected chi connectivity index (χ1v) is 8.60. The fraction of sp³-hybridized carbons (Fsp3) is 0.867. The Morgan fingerprint density at radius 1 is 0.889 bits per heavy atom. The molecule has 0 fully saturated rings. The van der Waals surface area contributed by atoms with Crippen LogP contribution in [0.15, 0.2) is 12.7 Å². The Morgan fingerprint density at radius 3 is 1.67 bits per heavy atom.